The number of hydrogen-bond donors (Lipinski definition) is 1. The summed E-state index contributed by atoms with van der Waals surface area (Å²) in [4.78, 5) is 10.8. The molecule has 1 N–H and O–H groups in total. The van der Waals surface area contributed by atoms with Gasteiger partial charge in [0, 0.05) is 12.0 Å². The maximum Gasteiger partial charge on any atom is 0.303 e. The molecule has 0 atom stereocenters. The van der Waals surface area contributed by atoms with Gasteiger partial charge in [-0.3, -0.25) is 4.79 Å². The van der Waals surface area contributed by atoms with Crippen LogP contribution in [0.3, 0.4) is 0 Å². The van der Waals surface area contributed by atoms with Gasteiger partial charge in [0.15, 0.2) is 0 Å². The third-order valence-corrected chi connectivity index (χ3v) is 3.54. The maximum absolute atomic E-state index is 10.8. The molecular weight excluding hydrogens is 292 g/mol. The Hall–Kier alpha value is -2.01. The van der Waals surface area contributed by atoms with Crippen LogP contribution in [0, 0.1) is 0 Å². The fourth-order valence-corrected chi connectivity index (χ4v) is 2.46. The number of carboxylic acids is 1. The lowest BCUT2D eigenvalue weighted by Crippen LogP contribution is -2.02. The third kappa shape index (κ3) is 3.19. The first-order valence-electron chi connectivity index (χ1n) is 6.70. The molecule has 0 aliphatic rings. The summed E-state index contributed by atoms with van der Waals surface area (Å²) in [6.07, 6.45) is 1.12. The fourth-order valence-electron chi connectivity index (χ4n) is 2.24. The zero-order valence-electron chi connectivity index (χ0n) is 12.0. The van der Waals surface area contributed by atoms with E-state index in [-0.39, 0.29) is 6.42 Å². The number of nitrogens with zero attached hydrogens (tertiary/aromatic N) is 2. The van der Waals surface area contributed by atoms with E-state index in [1.165, 1.54) is 0 Å². The highest BCUT2D eigenvalue weighted by Gasteiger charge is 2.20. The summed E-state index contributed by atoms with van der Waals surface area (Å²) in [7, 11) is 1.55. The Morgan fingerprint density at radius 1 is 1.43 bits per heavy atom. The smallest absolute Gasteiger partial charge is 0.303 e. The van der Waals surface area contributed by atoms with E-state index in [0.717, 1.165) is 11.3 Å². The molecule has 2 rings (SSSR count). The summed E-state index contributed by atoms with van der Waals surface area (Å²) in [5.41, 5.74) is 2.36. The Labute approximate surface area is 128 Å². The Morgan fingerprint density at radius 3 is 2.71 bits per heavy atom. The van der Waals surface area contributed by atoms with Crippen molar-refractivity contribution in [3.05, 3.63) is 40.5 Å². The van der Waals surface area contributed by atoms with Crippen LogP contribution in [0.15, 0.2) is 24.3 Å². The van der Waals surface area contributed by atoms with Gasteiger partial charge in [-0.05, 0) is 25.0 Å². The molecule has 0 aliphatic heterocycles. The van der Waals surface area contributed by atoms with E-state index in [1.807, 2.05) is 25.1 Å². The van der Waals surface area contributed by atoms with Crippen LogP contribution >= 0.6 is 11.6 Å². The zero-order chi connectivity index (χ0) is 15.4. The second-order valence-corrected chi connectivity index (χ2v) is 4.95. The van der Waals surface area contributed by atoms with Crippen molar-refractivity contribution in [2.45, 2.75) is 26.2 Å². The van der Waals surface area contributed by atoms with Gasteiger partial charge >= 0.3 is 5.97 Å². The lowest BCUT2D eigenvalue weighted by atomic mass is 10.1. The summed E-state index contributed by atoms with van der Waals surface area (Å²) >= 11 is 6.21. The topological polar surface area (TPSA) is 64.4 Å². The van der Waals surface area contributed by atoms with Gasteiger partial charge < -0.3 is 9.84 Å². The van der Waals surface area contributed by atoms with Gasteiger partial charge in [-0.2, -0.15) is 9.78 Å². The summed E-state index contributed by atoms with van der Waals surface area (Å²) < 4.78 is 7.09. The third-order valence-electron chi connectivity index (χ3n) is 3.22. The molecule has 0 bridgehead atoms. The summed E-state index contributed by atoms with van der Waals surface area (Å²) in [5, 5.41) is 14.0. The number of rotatable bonds is 6. The van der Waals surface area contributed by atoms with E-state index in [2.05, 4.69) is 5.10 Å². The summed E-state index contributed by atoms with van der Waals surface area (Å²) in [6.45, 7) is 1.98. The van der Waals surface area contributed by atoms with Crippen molar-refractivity contribution in [3.8, 4) is 11.6 Å². The van der Waals surface area contributed by atoms with Crippen LogP contribution in [0.4, 0.5) is 0 Å². The van der Waals surface area contributed by atoms with Crippen molar-refractivity contribution >= 4 is 17.6 Å². The average molecular weight is 309 g/mol. The zero-order valence-corrected chi connectivity index (χ0v) is 12.7. The number of carbonyl (C=O) groups is 1. The van der Waals surface area contributed by atoms with Gasteiger partial charge in [-0.25, -0.2) is 0 Å². The molecule has 1 aromatic heterocycles. The van der Waals surface area contributed by atoms with E-state index in [1.54, 1.807) is 17.9 Å². The minimum atomic E-state index is -0.843. The summed E-state index contributed by atoms with van der Waals surface area (Å²) in [6, 6.07) is 7.33. The SMILES string of the molecule is CCc1nn(-c2ccccc2Cl)c(OC)c1CCC(=O)O. The number of halogens is 1. The second kappa shape index (κ2) is 6.63. The second-order valence-electron chi connectivity index (χ2n) is 4.55. The molecule has 0 aliphatic carbocycles. The Kier molecular flexibility index (Phi) is 4.85. The standard InChI is InChI=1S/C15H17ClN2O3/c1-3-12-10(8-9-14(19)20)15(21-2)18(17-12)13-7-5-4-6-11(13)16/h4-7H,3,8-9H2,1-2H3,(H,19,20). The van der Waals surface area contributed by atoms with E-state index in [4.69, 9.17) is 21.4 Å². The van der Waals surface area contributed by atoms with Gasteiger partial charge in [0.2, 0.25) is 5.88 Å². The predicted octanol–water partition coefficient (Wildman–Crippen LogP) is 3.11. The monoisotopic (exact) mass is 308 g/mol. The minimum absolute atomic E-state index is 0.0393. The lowest BCUT2D eigenvalue weighted by Gasteiger charge is -2.09. The normalized spacial score (nSPS) is 10.6. The van der Waals surface area contributed by atoms with Gasteiger partial charge in [0.1, 0.15) is 0 Å². The van der Waals surface area contributed by atoms with Gasteiger partial charge in [-0.15, -0.1) is 0 Å². The van der Waals surface area contributed by atoms with Crippen molar-refractivity contribution in [1.82, 2.24) is 9.78 Å². The summed E-state index contributed by atoms with van der Waals surface area (Å²) in [5.74, 6) is -0.300. The van der Waals surface area contributed by atoms with Crippen LogP contribution < -0.4 is 4.74 Å². The Bertz CT molecular complexity index is 652. The van der Waals surface area contributed by atoms with E-state index >= 15 is 0 Å². The van der Waals surface area contributed by atoms with Crippen LogP contribution in [0.2, 0.25) is 5.02 Å². The van der Waals surface area contributed by atoms with Crippen molar-refractivity contribution in [2.24, 2.45) is 0 Å². The number of methoxy groups -OCH3 is 1. The van der Waals surface area contributed by atoms with Gasteiger partial charge in [0.25, 0.3) is 0 Å². The molecule has 0 radical (unpaired) electrons. The Balaban J connectivity index is 2.52. The number of para-hydroxylation sites is 1. The molecule has 0 amide bonds. The number of aryl methyl sites for hydroxylation is 1. The molecule has 0 unspecified atom stereocenters. The van der Waals surface area contributed by atoms with E-state index in [9.17, 15) is 4.79 Å². The average Bonchev–Trinajstić information content (AvgIpc) is 2.83. The molecule has 0 saturated heterocycles. The fraction of sp³-hybridized carbons (Fsp3) is 0.333. The molecule has 5 nitrogen and oxygen atoms in total. The molecular formula is C15H17ClN2O3. The van der Waals surface area contributed by atoms with Gasteiger partial charge in [-0.1, -0.05) is 30.7 Å². The van der Waals surface area contributed by atoms with Crippen molar-refractivity contribution in [2.75, 3.05) is 7.11 Å². The van der Waals surface area contributed by atoms with Crippen LogP contribution in [0.25, 0.3) is 5.69 Å². The molecule has 6 heteroatoms. The number of hydrogen-bond acceptors (Lipinski definition) is 3. The molecule has 1 aromatic carbocycles. The maximum atomic E-state index is 10.8. The first-order chi connectivity index (χ1) is 10.1. The molecule has 0 fully saturated rings. The highest BCUT2D eigenvalue weighted by molar-refractivity contribution is 6.32. The quantitative estimate of drug-likeness (QED) is 0.890. The molecule has 0 saturated carbocycles. The van der Waals surface area contributed by atoms with Crippen LogP contribution in [-0.2, 0) is 17.6 Å². The van der Waals surface area contributed by atoms with Crippen molar-refractivity contribution < 1.29 is 14.6 Å². The largest absolute Gasteiger partial charge is 0.481 e. The van der Waals surface area contributed by atoms with Crippen LogP contribution in [-0.4, -0.2) is 28.0 Å². The molecule has 0 spiro atoms. The molecule has 21 heavy (non-hydrogen) atoms. The first-order valence-corrected chi connectivity index (χ1v) is 7.07. The number of aromatic nitrogens is 2. The Morgan fingerprint density at radius 2 is 2.14 bits per heavy atom. The van der Waals surface area contributed by atoms with Crippen LogP contribution in [0.1, 0.15) is 24.6 Å². The minimum Gasteiger partial charge on any atom is -0.481 e. The number of carboxylic acid groups (broad SMARTS) is 1. The number of benzene rings is 1. The molecule has 112 valence electrons. The van der Waals surface area contributed by atoms with Crippen molar-refractivity contribution in [3.63, 3.8) is 0 Å². The molecule has 2 aromatic rings. The predicted molar refractivity (Wildman–Crippen MR) is 80.5 cm³/mol. The molecule has 1 heterocycles. The number of ether oxygens (including phenoxy) is 1. The number of aliphatic carboxylic acids is 1. The lowest BCUT2D eigenvalue weighted by molar-refractivity contribution is -0.136. The van der Waals surface area contributed by atoms with E-state index in [0.29, 0.717) is 29.4 Å². The van der Waals surface area contributed by atoms with E-state index < -0.39 is 5.97 Å². The first kappa shape index (κ1) is 15.4. The van der Waals surface area contributed by atoms with Crippen LogP contribution in [0.5, 0.6) is 5.88 Å². The highest BCUT2D eigenvalue weighted by atomic mass is 35.5. The van der Waals surface area contributed by atoms with Crippen molar-refractivity contribution in [1.29, 1.82) is 0 Å². The highest BCUT2D eigenvalue weighted by Crippen LogP contribution is 2.30. The van der Waals surface area contributed by atoms with Gasteiger partial charge in [0.05, 0.1) is 23.5 Å².